The van der Waals surface area contributed by atoms with E-state index in [2.05, 4.69) is 240 Å². The van der Waals surface area contributed by atoms with Crippen LogP contribution in [0.3, 0.4) is 0 Å². The molecule has 280 valence electrons. The number of hydrogen-bond donors (Lipinski definition) is 0. The molecule has 12 rings (SSSR count). The van der Waals surface area contributed by atoms with Gasteiger partial charge in [-0.3, -0.25) is 0 Å². The third-order valence-electron chi connectivity index (χ3n) is 12.3. The van der Waals surface area contributed by atoms with Gasteiger partial charge in [-0.05, 0) is 110 Å². The maximum atomic E-state index is 2.45. The van der Waals surface area contributed by atoms with Crippen molar-refractivity contribution < 1.29 is 0 Å². The molecule has 0 N–H and O–H groups in total. The summed E-state index contributed by atoms with van der Waals surface area (Å²) < 4.78 is 4.88. The van der Waals surface area contributed by atoms with Gasteiger partial charge in [-0.1, -0.05) is 170 Å². The molecule has 12 aromatic rings. The fraction of sp³-hybridized carbons (Fsp3) is 0. The van der Waals surface area contributed by atoms with E-state index in [4.69, 9.17) is 0 Å². The summed E-state index contributed by atoms with van der Waals surface area (Å²) >= 11 is 0. The van der Waals surface area contributed by atoms with Crippen molar-refractivity contribution in [3.8, 4) is 55.9 Å². The van der Waals surface area contributed by atoms with E-state index in [0.29, 0.717) is 0 Å². The third kappa shape index (κ3) is 5.57. The molecule has 2 nitrogen and oxygen atoms in total. The Morgan fingerprint density at radius 2 is 0.783 bits per heavy atom. The molecule has 0 bridgehead atoms. The summed E-state index contributed by atoms with van der Waals surface area (Å²) in [5, 5.41) is 7.48. The summed E-state index contributed by atoms with van der Waals surface area (Å²) in [5.74, 6) is 0. The molecule has 0 aliphatic rings. The molecule has 0 fully saturated rings. The molecule has 0 unspecified atom stereocenters. The van der Waals surface area contributed by atoms with Crippen molar-refractivity contribution in [1.29, 1.82) is 0 Å². The van der Waals surface area contributed by atoms with Crippen molar-refractivity contribution in [3.05, 3.63) is 231 Å². The Hall–Kier alpha value is -7.94. The van der Waals surface area contributed by atoms with Crippen LogP contribution in [0.1, 0.15) is 0 Å². The van der Waals surface area contributed by atoms with Crippen molar-refractivity contribution in [3.63, 3.8) is 0 Å². The highest BCUT2D eigenvalue weighted by Crippen LogP contribution is 2.41. The number of fused-ring (bicyclic) bond motifs is 7. The second-order valence-electron chi connectivity index (χ2n) is 15.7. The zero-order chi connectivity index (χ0) is 39.6. The molecule has 60 heavy (non-hydrogen) atoms. The van der Waals surface area contributed by atoms with Crippen LogP contribution in [0.4, 0.5) is 0 Å². The summed E-state index contributed by atoms with van der Waals surface area (Å²) in [6.45, 7) is 0. The van der Waals surface area contributed by atoms with Gasteiger partial charge in [0.1, 0.15) is 0 Å². The molecular weight excluding hydrogens is 725 g/mol. The SMILES string of the molecule is c1ccc(-c2cccc(-n3c4ccccc4c4ccc(-c5ccc6c(c5)c5ccccc5n6-c5ccccc5-c5cccc(-c6ccc7ccccc7c6)c5)cc43)c2)cc1. The van der Waals surface area contributed by atoms with Gasteiger partial charge >= 0.3 is 0 Å². The van der Waals surface area contributed by atoms with Gasteiger partial charge in [-0.25, -0.2) is 0 Å². The van der Waals surface area contributed by atoms with Crippen LogP contribution < -0.4 is 0 Å². The van der Waals surface area contributed by atoms with Crippen LogP contribution in [-0.2, 0) is 0 Å². The third-order valence-corrected chi connectivity index (χ3v) is 12.3. The van der Waals surface area contributed by atoms with E-state index in [-0.39, 0.29) is 0 Å². The zero-order valence-corrected chi connectivity index (χ0v) is 32.8. The van der Waals surface area contributed by atoms with Crippen molar-refractivity contribution in [2.75, 3.05) is 0 Å². The second kappa shape index (κ2) is 13.9. The quantitative estimate of drug-likeness (QED) is 0.160. The Labute approximate surface area is 348 Å². The number of rotatable bonds is 6. The lowest BCUT2D eigenvalue weighted by Gasteiger charge is -2.15. The predicted molar refractivity (Wildman–Crippen MR) is 254 cm³/mol. The summed E-state index contributed by atoms with van der Waals surface area (Å²) in [5.41, 5.74) is 16.7. The molecule has 0 spiro atoms. The molecule has 0 radical (unpaired) electrons. The van der Waals surface area contributed by atoms with Crippen LogP contribution in [0.25, 0.3) is 110 Å². The number of hydrogen-bond acceptors (Lipinski definition) is 0. The van der Waals surface area contributed by atoms with Crippen molar-refractivity contribution in [1.82, 2.24) is 9.13 Å². The van der Waals surface area contributed by atoms with E-state index in [9.17, 15) is 0 Å². The minimum atomic E-state index is 1.15. The average molecular weight is 763 g/mol. The van der Waals surface area contributed by atoms with Gasteiger partial charge in [0.05, 0.1) is 27.8 Å². The first-order valence-corrected chi connectivity index (χ1v) is 20.7. The van der Waals surface area contributed by atoms with Gasteiger partial charge in [0.2, 0.25) is 0 Å². The molecule has 0 aliphatic carbocycles. The van der Waals surface area contributed by atoms with Gasteiger partial charge in [0.15, 0.2) is 0 Å². The van der Waals surface area contributed by atoms with E-state index < -0.39 is 0 Å². The smallest absolute Gasteiger partial charge is 0.0547 e. The highest BCUT2D eigenvalue weighted by atomic mass is 15.0. The number of para-hydroxylation sites is 3. The van der Waals surface area contributed by atoms with Gasteiger partial charge in [-0.15, -0.1) is 0 Å². The summed E-state index contributed by atoms with van der Waals surface area (Å²) in [7, 11) is 0. The Bertz CT molecular complexity index is 3600. The fourth-order valence-electron chi connectivity index (χ4n) is 9.44. The molecule has 2 heteroatoms. The highest BCUT2D eigenvalue weighted by molar-refractivity contribution is 6.13. The van der Waals surface area contributed by atoms with Gasteiger partial charge in [-0.2, -0.15) is 0 Å². The minimum Gasteiger partial charge on any atom is -0.309 e. The number of aromatic nitrogens is 2. The van der Waals surface area contributed by atoms with Crippen LogP contribution >= 0.6 is 0 Å². The molecular formula is C58H38N2. The fourth-order valence-corrected chi connectivity index (χ4v) is 9.44. The van der Waals surface area contributed by atoms with Gasteiger partial charge in [0, 0.05) is 32.8 Å². The molecule has 0 aliphatic heterocycles. The van der Waals surface area contributed by atoms with Crippen LogP contribution in [0.2, 0.25) is 0 Å². The molecule has 2 heterocycles. The normalized spacial score (nSPS) is 11.7. The lowest BCUT2D eigenvalue weighted by Crippen LogP contribution is -1.97. The monoisotopic (exact) mass is 762 g/mol. The Balaban J connectivity index is 0.995. The first kappa shape index (κ1) is 34.1. The molecule has 0 saturated heterocycles. The molecule has 0 amide bonds. The van der Waals surface area contributed by atoms with Crippen molar-refractivity contribution in [2.24, 2.45) is 0 Å². The Morgan fingerprint density at radius 1 is 0.233 bits per heavy atom. The van der Waals surface area contributed by atoms with Gasteiger partial charge in [0.25, 0.3) is 0 Å². The van der Waals surface area contributed by atoms with E-state index in [1.54, 1.807) is 0 Å². The van der Waals surface area contributed by atoms with Gasteiger partial charge < -0.3 is 9.13 Å². The highest BCUT2D eigenvalue weighted by Gasteiger charge is 2.18. The lowest BCUT2D eigenvalue weighted by molar-refractivity contribution is 1.18. The van der Waals surface area contributed by atoms with Crippen LogP contribution in [0, 0.1) is 0 Å². The van der Waals surface area contributed by atoms with Crippen molar-refractivity contribution in [2.45, 2.75) is 0 Å². The zero-order valence-electron chi connectivity index (χ0n) is 32.8. The molecule has 10 aromatic carbocycles. The Morgan fingerprint density at radius 3 is 1.65 bits per heavy atom. The standard InChI is InChI=1S/C58H38N2/c1-2-14-39(15-3-1)43-19-13-21-48(36-43)59-55-26-10-7-23-50(55)52-32-30-46(38-58(52)59)45-31-33-57-53(37-45)51-24-8-11-27-56(51)60(57)54-25-9-6-22-49(54)47-20-12-18-42(35-47)44-29-28-40-16-4-5-17-41(40)34-44/h1-38H. The lowest BCUT2D eigenvalue weighted by atomic mass is 9.96. The van der Waals surface area contributed by atoms with E-state index in [0.717, 1.165) is 11.4 Å². The minimum absolute atomic E-state index is 1.15. The predicted octanol–water partition coefficient (Wildman–Crippen LogP) is 15.7. The second-order valence-corrected chi connectivity index (χ2v) is 15.7. The van der Waals surface area contributed by atoms with E-state index >= 15 is 0 Å². The number of benzene rings is 10. The van der Waals surface area contributed by atoms with Crippen molar-refractivity contribution >= 4 is 54.4 Å². The topological polar surface area (TPSA) is 9.86 Å². The molecule has 0 saturated carbocycles. The molecule has 0 atom stereocenters. The van der Waals surface area contributed by atoms with Crippen LogP contribution in [0.15, 0.2) is 231 Å². The maximum absolute atomic E-state index is 2.45. The summed E-state index contributed by atoms with van der Waals surface area (Å²) in [6.07, 6.45) is 0. The largest absolute Gasteiger partial charge is 0.309 e. The summed E-state index contributed by atoms with van der Waals surface area (Å²) in [6, 6.07) is 84.3. The first-order chi connectivity index (χ1) is 29.7. The maximum Gasteiger partial charge on any atom is 0.0547 e. The van der Waals surface area contributed by atoms with E-state index in [1.165, 1.54) is 98.9 Å². The summed E-state index contributed by atoms with van der Waals surface area (Å²) in [4.78, 5) is 0. The molecule has 2 aromatic heterocycles. The average Bonchev–Trinajstić information content (AvgIpc) is 3.84. The van der Waals surface area contributed by atoms with Crippen LogP contribution in [-0.4, -0.2) is 9.13 Å². The number of nitrogens with zero attached hydrogens (tertiary/aromatic N) is 2. The first-order valence-electron chi connectivity index (χ1n) is 20.7. The van der Waals surface area contributed by atoms with E-state index in [1.807, 2.05) is 0 Å². The Kier molecular flexibility index (Phi) is 7.89. The van der Waals surface area contributed by atoms with Crippen LogP contribution in [0.5, 0.6) is 0 Å².